The van der Waals surface area contributed by atoms with Gasteiger partial charge in [0.1, 0.15) is 0 Å². The van der Waals surface area contributed by atoms with Crippen molar-refractivity contribution >= 4 is 27.5 Å². The van der Waals surface area contributed by atoms with E-state index in [-0.39, 0.29) is 41.1 Å². The third-order valence-electron chi connectivity index (χ3n) is 5.70. The van der Waals surface area contributed by atoms with Crippen molar-refractivity contribution in [1.82, 2.24) is 9.62 Å². The summed E-state index contributed by atoms with van der Waals surface area (Å²) in [5.41, 5.74) is 0.527. The number of carbonyl (C=O) groups is 2. The van der Waals surface area contributed by atoms with Crippen LogP contribution in [0.4, 0.5) is 5.69 Å². The van der Waals surface area contributed by atoms with Crippen LogP contribution in [0, 0.1) is 5.92 Å². The van der Waals surface area contributed by atoms with Gasteiger partial charge in [-0.05, 0) is 50.5 Å². The third-order valence-corrected chi connectivity index (χ3v) is 7.30. The van der Waals surface area contributed by atoms with Gasteiger partial charge in [-0.2, -0.15) is 0 Å². The largest absolute Gasteiger partial charge is 0.339 e. The number of hydrogen-bond acceptors (Lipinski definition) is 4. The molecular weight excluding hydrogens is 378 g/mol. The van der Waals surface area contributed by atoms with Gasteiger partial charge in [-0.25, -0.2) is 13.1 Å². The van der Waals surface area contributed by atoms with Crippen molar-refractivity contribution in [3.05, 3.63) is 24.3 Å². The van der Waals surface area contributed by atoms with Crippen LogP contribution in [0.2, 0.25) is 0 Å². The Labute approximate surface area is 166 Å². The van der Waals surface area contributed by atoms with Gasteiger partial charge in [0.05, 0.1) is 10.8 Å². The number of likely N-dealkylation sites (tertiary alicyclic amines) is 1. The Bertz CT molecular complexity index is 816. The zero-order valence-corrected chi connectivity index (χ0v) is 17.3. The van der Waals surface area contributed by atoms with Crippen molar-refractivity contribution in [1.29, 1.82) is 0 Å². The predicted molar refractivity (Wildman–Crippen MR) is 107 cm³/mol. The zero-order chi connectivity index (χ0) is 20.3. The molecule has 1 saturated heterocycles. The van der Waals surface area contributed by atoms with Crippen molar-refractivity contribution in [2.45, 2.75) is 69.4 Å². The quantitative estimate of drug-likeness (QED) is 0.726. The van der Waals surface area contributed by atoms with Gasteiger partial charge in [0, 0.05) is 30.7 Å². The van der Waals surface area contributed by atoms with Gasteiger partial charge in [-0.15, -0.1) is 0 Å². The smallest absolute Gasteiger partial charge is 0.240 e. The van der Waals surface area contributed by atoms with E-state index in [1.165, 1.54) is 12.1 Å². The highest BCUT2D eigenvalue weighted by Crippen LogP contribution is 2.30. The first-order valence-corrected chi connectivity index (χ1v) is 11.5. The number of anilines is 1. The molecule has 154 valence electrons. The predicted octanol–water partition coefficient (Wildman–Crippen LogP) is 2.49. The summed E-state index contributed by atoms with van der Waals surface area (Å²) in [7, 11) is -3.57. The minimum Gasteiger partial charge on any atom is -0.339 e. The third kappa shape index (κ3) is 4.72. The molecule has 1 aliphatic carbocycles. The van der Waals surface area contributed by atoms with Gasteiger partial charge in [-0.1, -0.05) is 19.8 Å². The van der Waals surface area contributed by atoms with E-state index in [2.05, 4.69) is 10.0 Å². The lowest BCUT2D eigenvalue weighted by atomic mass is 10.1. The highest BCUT2D eigenvalue weighted by molar-refractivity contribution is 7.89. The summed E-state index contributed by atoms with van der Waals surface area (Å²) >= 11 is 0. The summed E-state index contributed by atoms with van der Waals surface area (Å²) in [6.45, 7) is 4.19. The summed E-state index contributed by atoms with van der Waals surface area (Å²) in [6.07, 6.45) is 5.29. The van der Waals surface area contributed by atoms with Gasteiger partial charge in [0.15, 0.2) is 0 Å². The Kier molecular flexibility index (Phi) is 6.40. The van der Waals surface area contributed by atoms with E-state index in [1.54, 1.807) is 12.1 Å². The number of nitrogens with zero attached hydrogens (tertiary/aromatic N) is 1. The lowest BCUT2D eigenvalue weighted by Crippen LogP contribution is -2.35. The number of rotatable bonds is 7. The fourth-order valence-electron chi connectivity index (χ4n) is 3.85. The molecule has 1 aromatic rings. The maximum atomic E-state index is 12.6. The highest BCUT2D eigenvalue weighted by Gasteiger charge is 2.38. The summed E-state index contributed by atoms with van der Waals surface area (Å²) in [6, 6.07) is 6.25. The Morgan fingerprint density at radius 1 is 1.21 bits per heavy atom. The molecule has 0 aromatic heterocycles. The van der Waals surface area contributed by atoms with Crippen molar-refractivity contribution in [2.24, 2.45) is 5.92 Å². The molecule has 8 heteroatoms. The highest BCUT2D eigenvalue weighted by atomic mass is 32.2. The molecule has 0 bridgehead atoms. The van der Waals surface area contributed by atoms with Crippen LogP contribution in [0.1, 0.15) is 52.4 Å². The zero-order valence-electron chi connectivity index (χ0n) is 16.5. The fraction of sp³-hybridized carbons (Fsp3) is 0.600. The van der Waals surface area contributed by atoms with Crippen LogP contribution in [0.15, 0.2) is 29.2 Å². The second-order valence-corrected chi connectivity index (χ2v) is 9.54. The summed E-state index contributed by atoms with van der Waals surface area (Å²) < 4.78 is 27.2. The van der Waals surface area contributed by atoms with E-state index in [9.17, 15) is 18.0 Å². The molecule has 7 nitrogen and oxygen atoms in total. The minimum atomic E-state index is -3.57. The van der Waals surface area contributed by atoms with Gasteiger partial charge in [0.25, 0.3) is 0 Å². The molecular formula is C20H29N3O4S. The number of benzene rings is 1. The first-order chi connectivity index (χ1) is 13.3. The van der Waals surface area contributed by atoms with E-state index in [1.807, 2.05) is 18.7 Å². The topological polar surface area (TPSA) is 95.6 Å². The Morgan fingerprint density at radius 2 is 1.86 bits per heavy atom. The molecule has 2 atom stereocenters. The lowest BCUT2D eigenvalue weighted by Gasteiger charge is -2.23. The van der Waals surface area contributed by atoms with Gasteiger partial charge >= 0.3 is 0 Å². The van der Waals surface area contributed by atoms with Crippen LogP contribution in [-0.2, 0) is 19.6 Å². The van der Waals surface area contributed by atoms with Crippen LogP contribution in [0.5, 0.6) is 0 Å². The fourth-order valence-corrected chi connectivity index (χ4v) is 5.18. The lowest BCUT2D eigenvalue weighted by molar-refractivity contribution is -0.129. The van der Waals surface area contributed by atoms with Crippen LogP contribution in [-0.4, -0.2) is 43.8 Å². The SMILES string of the molecule is CC[C@H](C)NS(=O)(=O)c1ccc(NC(=O)[C@@H]2CC(=O)N(C3CCCC3)C2)cc1. The molecule has 2 N–H and O–H groups in total. The average Bonchev–Trinajstić information content (AvgIpc) is 3.31. The first-order valence-electron chi connectivity index (χ1n) is 10.0. The molecule has 1 heterocycles. The van der Waals surface area contributed by atoms with Gasteiger partial charge in [-0.3, -0.25) is 9.59 Å². The van der Waals surface area contributed by atoms with Gasteiger partial charge < -0.3 is 10.2 Å². The molecule has 1 aliphatic heterocycles. The Morgan fingerprint density at radius 3 is 2.46 bits per heavy atom. The number of sulfonamides is 1. The number of nitrogens with one attached hydrogen (secondary N) is 2. The van der Waals surface area contributed by atoms with E-state index >= 15 is 0 Å². The molecule has 2 amide bonds. The van der Waals surface area contributed by atoms with Gasteiger partial charge in [0.2, 0.25) is 21.8 Å². The molecule has 0 spiro atoms. The second-order valence-electron chi connectivity index (χ2n) is 7.83. The van der Waals surface area contributed by atoms with Crippen molar-refractivity contribution < 1.29 is 18.0 Å². The standard InChI is InChI=1S/C20H29N3O4S/c1-3-14(2)22-28(26,27)18-10-8-16(9-11-18)21-20(25)15-12-19(24)23(13-15)17-6-4-5-7-17/h8-11,14-15,17,22H,3-7,12-13H2,1-2H3,(H,21,25)/t14-,15+/m0/s1. The Balaban J connectivity index is 1.59. The number of carbonyl (C=O) groups excluding carboxylic acids is 2. The van der Waals surface area contributed by atoms with E-state index in [4.69, 9.17) is 0 Å². The minimum absolute atomic E-state index is 0.0598. The summed E-state index contributed by atoms with van der Waals surface area (Å²) in [5.74, 6) is -0.490. The van der Waals surface area contributed by atoms with Crippen molar-refractivity contribution in [3.63, 3.8) is 0 Å². The van der Waals surface area contributed by atoms with Crippen LogP contribution in [0.3, 0.4) is 0 Å². The summed E-state index contributed by atoms with van der Waals surface area (Å²) in [4.78, 5) is 26.9. The molecule has 0 unspecified atom stereocenters. The molecule has 2 fully saturated rings. The normalized spacial score (nSPS) is 21.9. The molecule has 3 rings (SSSR count). The second kappa shape index (κ2) is 8.61. The Hall–Kier alpha value is -1.93. The van der Waals surface area contributed by atoms with E-state index < -0.39 is 10.0 Å². The molecule has 1 saturated carbocycles. The van der Waals surface area contributed by atoms with Crippen molar-refractivity contribution in [3.8, 4) is 0 Å². The molecule has 28 heavy (non-hydrogen) atoms. The molecule has 0 radical (unpaired) electrons. The van der Waals surface area contributed by atoms with Crippen LogP contribution < -0.4 is 10.0 Å². The van der Waals surface area contributed by atoms with E-state index in [0.29, 0.717) is 18.7 Å². The monoisotopic (exact) mass is 407 g/mol. The molecule has 2 aliphatic rings. The van der Waals surface area contributed by atoms with E-state index in [0.717, 1.165) is 25.7 Å². The molecule has 1 aromatic carbocycles. The maximum absolute atomic E-state index is 12.6. The first kappa shape index (κ1) is 20.8. The summed E-state index contributed by atoms with van der Waals surface area (Å²) in [5, 5.41) is 2.81. The number of hydrogen-bond donors (Lipinski definition) is 2. The number of amides is 2. The van der Waals surface area contributed by atoms with Crippen LogP contribution >= 0.6 is 0 Å². The van der Waals surface area contributed by atoms with Crippen LogP contribution in [0.25, 0.3) is 0 Å². The average molecular weight is 408 g/mol. The van der Waals surface area contributed by atoms with Crippen molar-refractivity contribution in [2.75, 3.05) is 11.9 Å². The maximum Gasteiger partial charge on any atom is 0.240 e.